The molecule has 0 heterocycles. The van der Waals surface area contributed by atoms with Crippen molar-refractivity contribution in [2.45, 2.75) is 76.6 Å². The molecule has 14 heteroatoms. The summed E-state index contributed by atoms with van der Waals surface area (Å²) in [6.07, 6.45) is -20.1. The van der Waals surface area contributed by atoms with Gasteiger partial charge in [-0.1, -0.05) is 0 Å². The minimum absolute atomic E-state index is 0.214. The van der Waals surface area contributed by atoms with Crippen molar-refractivity contribution in [3.63, 3.8) is 0 Å². The fraction of sp³-hybridized carbons (Fsp3) is 1.00. The normalized spacial score (nSPS) is 37.7. The Balaban J connectivity index is 0.000000454. The molecule has 212 valence electrons. The molecule has 36 heavy (non-hydrogen) atoms. The average molecular weight is 565 g/mol. The van der Waals surface area contributed by atoms with Gasteiger partial charge in [0.25, 0.3) is 5.92 Å². The van der Waals surface area contributed by atoms with Crippen LogP contribution in [0.25, 0.3) is 0 Å². The van der Waals surface area contributed by atoms with Crippen LogP contribution in [0, 0.1) is 46.3 Å². The third kappa shape index (κ3) is 4.10. The predicted molar refractivity (Wildman–Crippen MR) is 109 cm³/mol. The molecule has 0 N–H and O–H groups in total. The summed E-state index contributed by atoms with van der Waals surface area (Å²) in [5, 5.41) is 0. The Morgan fingerprint density at radius 3 is 1.50 bits per heavy atom. The summed E-state index contributed by atoms with van der Waals surface area (Å²) >= 11 is 0. The molecule has 0 radical (unpaired) electrons. The monoisotopic (exact) mass is 564 g/mol. The third-order valence-corrected chi connectivity index (χ3v) is 11.5. The molecule has 4 bridgehead atoms. The third-order valence-electron chi connectivity index (χ3n) is 9.55. The van der Waals surface area contributed by atoms with Crippen LogP contribution in [0.15, 0.2) is 0 Å². The first-order valence-corrected chi connectivity index (χ1v) is 14.5. The highest BCUT2D eigenvalue weighted by Crippen LogP contribution is 2.81. The average Bonchev–Trinajstić information content (AvgIpc) is 3.45. The molecule has 0 amide bonds. The molecule has 0 spiro atoms. The Morgan fingerprint density at radius 2 is 1.17 bits per heavy atom. The van der Waals surface area contributed by atoms with Crippen molar-refractivity contribution in [3.8, 4) is 0 Å². The van der Waals surface area contributed by atoms with E-state index in [2.05, 4.69) is 0 Å². The van der Waals surface area contributed by atoms with Gasteiger partial charge in [-0.3, -0.25) is 0 Å². The molecule has 4 aliphatic rings. The van der Waals surface area contributed by atoms with E-state index in [0.717, 1.165) is 0 Å². The minimum Gasteiger partial charge on any atom is -0.398 e. The summed E-state index contributed by atoms with van der Waals surface area (Å²) in [6, 6.07) is 0. The second kappa shape index (κ2) is 8.69. The molecule has 0 aromatic heterocycles. The predicted octanol–water partition coefficient (Wildman–Crippen LogP) is 7.98. The maximum atomic E-state index is 15.3. The van der Waals surface area contributed by atoms with Crippen molar-refractivity contribution in [3.05, 3.63) is 0 Å². The molecule has 4 fully saturated rings. The van der Waals surface area contributed by atoms with E-state index in [4.69, 9.17) is 8.85 Å². The van der Waals surface area contributed by atoms with Gasteiger partial charge in [0.2, 0.25) is 0 Å². The van der Waals surface area contributed by atoms with Crippen molar-refractivity contribution in [2.75, 3.05) is 14.2 Å². The lowest BCUT2D eigenvalue weighted by Crippen LogP contribution is -2.64. The van der Waals surface area contributed by atoms with E-state index in [0.29, 0.717) is 19.3 Å². The second-order valence-corrected chi connectivity index (χ2v) is 15.0. The minimum atomic E-state index is -6.16. The van der Waals surface area contributed by atoms with Crippen LogP contribution >= 0.6 is 0 Å². The number of halogens is 11. The van der Waals surface area contributed by atoms with Gasteiger partial charge in [0.15, 0.2) is 5.41 Å². The van der Waals surface area contributed by atoms with Crippen LogP contribution in [-0.2, 0) is 8.85 Å². The van der Waals surface area contributed by atoms with Gasteiger partial charge in [0.1, 0.15) is 5.41 Å². The van der Waals surface area contributed by atoms with Gasteiger partial charge in [0.05, 0.1) is 0 Å². The van der Waals surface area contributed by atoms with E-state index in [1.807, 2.05) is 13.1 Å². The second-order valence-electron chi connectivity index (χ2n) is 11.3. The van der Waals surface area contributed by atoms with Gasteiger partial charge in [-0.15, -0.1) is 0 Å². The highest BCUT2D eigenvalue weighted by Gasteiger charge is 2.88. The van der Waals surface area contributed by atoms with Crippen LogP contribution in [0.5, 0.6) is 0 Å². The fourth-order valence-corrected chi connectivity index (χ4v) is 7.58. The lowest BCUT2D eigenvalue weighted by molar-refractivity contribution is -0.388. The Hall–Kier alpha value is -0.633. The molecule has 4 rings (SSSR count). The molecule has 4 saturated carbocycles. The van der Waals surface area contributed by atoms with Crippen molar-refractivity contribution in [1.29, 1.82) is 0 Å². The van der Waals surface area contributed by atoms with E-state index in [1.54, 1.807) is 14.2 Å². The molecule has 0 aliphatic heterocycles. The molecular weight excluding hydrogens is 533 g/mol. The molecule has 7 unspecified atom stereocenters. The van der Waals surface area contributed by atoms with Crippen molar-refractivity contribution in [2.24, 2.45) is 46.3 Å². The smallest absolute Gasteiger partial charge is 0.398 e. The summed E-state index contributed by atoms with van der Waals surface area (Å²) in [4.78, 5) is 0. The number of fused-ring (bicyclic) bond motifs is 9. The number of hydrogen-bond acceptors (Lipinski definition) is 2. The Kier molecular flexibility index (Phi) is 7.22. The topological polar surface area (TPSA) is 18.5 Å². The van der Waals surface area contributed by atoms with Crippen LogP contribution in [0.2, 0.25) is 13.1 Å². The van der Waals surface area contributed by atoms with Gasteiger partial charge >= 0.3 is 27.1 Å². The largest absolute Gasteiger partial charge is 0.402 e. The van der Waals surface area contributed by atoms with E-state index in [-0.39, 0.29) is 11.8 Å². The summed E-state index contributed by atoms with van der Waals surface area (Å²) in [5.41, 5.74) is -9.23. The number of rotatable bonds is 4. The summed E-state index contributed by atoms with van der Waals surface area (Å²) in [5.74, 6) is -10.6. The van der Waals surface area contributed by atoms with E-state index in [9.17, 15) is 39.5 Å². The lowest BCUT2D eigenvalue weighted by Gasteiger charge is -2.54. The highest BCUT2D eigenvalue weighted by atomic mass is 28.4. The van der Waals surface area contributed by atoms with E-state index in [1.165, 1.54) is 0 Å². The van der Waals surface area contributed by atoms with Crippen LogP contribution < -0.4 is 0 Å². The van der Waals surface area contributed by atoms with E-state index >= 15 is 8.78 Å². The summed E-state index contributed by atoms with van der Waals surface area (Å²) in [7, 11) is 1.70. The molecule has 0 aromatic rings. The van der Waals surface area contributed by atoms with Gasteiger partial charge in [0, 0.05) is 20.1 Å². The zero-order valence-corrected chi connectivity index (χ0v) is 21.5. The van der Waals surface area contributed by atoms with Crippen LogP contribution in [-0.4, -0.2) is 47.2 Å². The quantitative estimate of drug-likeness (QED) is 0.196. The summed E-state index contributed by atoms with van der Waals surface area (Å²) < 4.78 is 163. The van der Waals surface area contributed by atoms with Crippen molar-refractivity contribution >= 4 is 8.56 Å². The van der Waals surface area contributed by atoms with E-state index < -0.39 is 87.3 Å². The zero-order chi connectivity index (χ0) is 27.9. The van der Waals surface area contributed by atoms with Gasteiger partial charge in [-0.25, -0.2) is 8.78 Å². The Bertz CT molecular complexity index is 802. The summed E-state index contributed by atoms with van der Waals surface area (Å²) in [6.45, 7) is 3.56. The van der Waals surface area contributed by atoms with Gasteiger partial charge in [-0.2, -0.15) is 39.5 Å². The molecule has 0 saturated heterocycles. The molecular formula is C22H31F11O2Si. The van der Waals surface area contributed by atoms with Crippen LogP contribution in [0.3, 0.4) is 0 Å². The van der Waals surface area contributed by atoms with Gasteiger partial charge < -0.3 is 8.85 Å². The number of hydrogen-bond donors (Lipinski definition) is 0. The molecule has 0 aromatic carbocycles. The molecule has 2 nitrogen and oxygen atoms in total. The van der Waals surface area contributed by atoms with Crippen molar-refractivity contribution < 1.29 is 57.1 Å². The van der Waals surface area contributed by atoms with Crippen molar-refractivity contribution in [1.82, 2.24) is 0 Å². The fourth-order valence-electron chi connectivity index (χ4n) is 7.41. The Labute approximate surface area is 203 Å². The molecule has 4 aliphatic carbocycles. The maximum absolute atomic E-state index is 15.3. The highest BCUT2D eigenvalue weighted by molar-refractivity contribution is 6.64. The standard InChI is InChI=1S/C18H19F11.C4H12O2Si/c1-13(16(21,22)23,17(24,25)26)6-14(18(27,28)29)9-5-10(15(14,19)20)12-8-3-2-7(4-8)11(9)12;1-5-7(3,4)6-2/h7-12H,2-6H2,1H3;1-4H3. The Morgan fingerprint density at radius 1 is 0.750 bits per heavy atom. The maximum Gasteiger partial charge on any atom is 0.402 e. The SMILES string of the molecule is CC(CC1(C(F)(F)F)C2CC(C3C4CCC(C4)C32)C1(F)F)(C(F)(F)F)C(F)(F)F.CO[Si](C)(C)OC. The van der Waals surface area contributed by atoms with Gasteiger partial charge in [-0.05, 0) is 81.7 Å². The van der Waals surface area contributed by atoms with Crippen LogP contribution in [0.4, 0.5) is 48.3 Å². The lowest BCUT2D eigenvalue weighted by atomic mass is 9.54. The zero-order valence-electron chi connectivity index (χ0n) is 20.5. The molecule has 7 atom stereocenters. The van der Waals surface area contributed by atoms with Crippen LogP contribution in [0.1, 0.15) is 39.0 Å². The first kappa shape index (κ1) is 29.9. The first-order chi connectivity index (χ1) is 16.0. The first-order valence-electron chi connectivity index (χ1n) is 11.7. The number of alkyl halides is 11.